The molecule has 2 N–H and O–H groups in total. The Morgan fingerprint density at radius 1 is 1.32 bits per heavy atom. The summed E-state index contributed by atoms with van der Waals surface area (Å²) in [5.74, 6) is -0.694. The van der Waals surface area contributed by atoms with Crippen LogP contribution in [0.3, 0.4) is 0 Å². The molecule has 19 heavy (non-hydrogen) atoms. The van der Waals surface area contributed by atoms with Gasteiger partial charge in [-0.15, -0.1) is 0 Å². The quantitative estimate of drug-likeness (QED) is 0.860. The van der Waals surface area contributed by atoms with Crippen LogP contribution in [0, 0.1) is 0 Å². The molecule has 0 radical (unpaired) electrons. The zero-order valence-corrected chi connectivity index (χ0v) is 10.6. The average Bonchev–Trinajstić information content (AvgIpc) is 2.45. The van der Waals surface area contributed by atoms with Crippen molar-refractivity contribution in [2.24, 2.45) is 0 Å². The summed E-state index contributed by atoms with van der Waals surface area (Å²) >= 11 is 0. The summed E-state index contributed by atoms with van der Waals surface area (Å²) in [6, 6.07) is 8.05. The molecule has 0 bridgehead atoms. The topological polar surface area (TPSA) is 75.1 Å². The number of nitrogens with one attached hydrogen (secondary N) is 1. The van der Waals surface area contributed by atoms with Gasteiger partial charge in [0.1, 0.15) is 17.7 Å². The standard InChI is InChI=1S/C14H15N3O2/c1-2-10-5-3-4-6-11(10)7-16-13-12(14(18)19)8-15-9-17-13/h3-6,8-9H,2,7H2,1H3,(H,18,19)(H,15,16,17). The van der Waals surface area contributed by atoms with E-state index in [-0.39, 0.29) is 5.56 Å². The fraction of sp³-hybridized carbons (Fsp3) is 0.214. The Morgan fingerprint density at radius 2 is 2.05 bits per heavy atom. The van der Waals surface area contributed by atoms with E-state index in [4.69, 9.17) is 5.11 Å². The number of aromatic nitrogens is 2. The fourth-order valence-corrected chi connectivity index (χ4v) is 1.88. The molecule has 0 saturated carbocycles. The van der Waals surface area contributed by atoms with E-state index >= 15 is 0 Å². The van der Waals surface area contributed by atoms with Crippen LogP contribution < -0.4 is 5.32 Å². The van der Waals surface area contributed by atoms with Gasteiger partial charge in [0.15, 0.2) is 0 Å². The molecule has 0 atom stereocenters. The lowest BCUT2D eigenvalue weighted by atomic mass is 10.1. The van der Waals surface area contributed by atoms with Gasteiger partial charge in [-0.2, -0.15) is 0 Å². The van der Waals surface area contributed by atoms with Crippen molar-refractivity contribution in [2.75, 3.05) is 5.32 Å². The van der Waals surface area contributed by atoms with Gasteiger partial charge < -0.3 is 10.4 Å². The first-order valence-corrected chi connectivity index (χ1v) is 6.06. The minimum absolute atomic E-state index is 0.0801. The van der Waals surface area contributed by atoms with Gasteiger partial charge in [0.2, 0.25) is 0 Å². The van der Waals surface area contributed by atoms with Crippen molar-refractivity contribution in [1.82, 2.24) is 9.97 Å². The number of anilines is 1. The lowest BCUT2D eigenvalue weighted by molar-refractivity contribution is 0.0697. The van der Waals surface area contributed by atoms with E-state index in [2.05, 4.69) is 28.3 Å². The SMILES string of the molecule is CCc1ccccc1CNc1ncncc1C(=O)O. The van der Waals surface area contributed by atoms with E-state index in [1.807, 2.05) is 18.2 Å². The Labute approximate surface area is 111 Å². The highest BCUT2D eigenvalue weighted by atomic mass is 16.4. The van der Waals surface area contributed by atoms with E-state index in [1.54, 1.807) is 0 Å². The molecule has 0 aliphatic rings. The van der Waals surface area contributed by atoms with Gasteiger partial charge in [0, 0.05) is 12.7 Å². The van der Waals surface area contributed by atoms with Crippen LogP contribution in [-0.4, -0.2) is 21.0 Å². The van der Waals surface area contributed by atoms with Gasteiger partial charge in [0.25, 0.3) is 0 Å². The lowest BCUT2D eigenvalue weighted by Crippen LogP contribution is -2.09. The van der Waals surface area contributed by atoms with Crippen LogP contribution in [0.4, 0.5) is 5.82 Å². The van der Waals surface area contributed by atoms with Crippen molar-refractivity contribution in [3.8, 4) is 0 Å². The number of aryl methyl sites for hydroxylation is 1. The molecule has 0 amide bonds. The summed E-state index contributed by atoms with van der Waals surface area (Å²) in [5, 5.41) is 12.1. The minimum Gasteiger partial charge on any atom is -0.477 e. The smallest absolute Gasteiger partial charge is 0.341 e. The van der Waals surface area contributed by atoms with Crippen LogP contribution in [0.5, 0.6) is 0 Å². The molecule has 5 nitrogen and oxygen atoms in total. The molecule has 5 heteroatoms. The lowest BCUT2D eigenvalue weighted by Gasteiger charge is -2.10. The highest BCUT2D eigenvalue weighted by Gasteiger charge is 2.11. The number of carboxylic acid groups (broad SMARTS) is 1. The van der Waals surface area contributed by atoms with Crippen LogP contribution in [0.2, 0.25) is 0 Å². The number of carboxylic acids is 1. The largest absolute Gasteiger partial charge is 0.477 e. The molecule has 0 spiro atoms. The summed E-state index contributed by atoms with van der Waals surface area (Å²) in [6.45, 7) is 2.63. The fourth-order valence-electron chi connectivity index (χ4n) is 1.88. The number of nitrogens with zero attached hydrogens (tertiary/aromatic N) is 2. The predicted molar refractivity (Wildman–Crippen MR) is 72.1 cm³/mol. The van der Waals surface area contributed by atoms with Crippen molar-refractivity contribution < 1.29 is 9.90 Å². The molecule has 1 aromatic carbocycles. The van der Waals surface area contributed by atoms with Crippen LogP contribution in [0.15, 0.2) is 36.8 Å². The molecule has 1 aromatic heterocycles. The van der Waals surface area contributed by atoms with Crippen molar-refractivity contribution in [3.05, 3.63) is 53.5 Å². The molecule has 0 fully saturated rings. The minimum atomic E-state index is -1.04. The third kappa shape index (κ3) is 3.07. The molecule has 2 rings (SSSR count). The van der Waals surface area contributed by atoms with Gasteiger partial charge in [-0.3, -0.25) is 0 Å². The Kier molecular flexibility index (Phi) is 4.07. The highest BCUT2D eigenvalue weighted by molar-refractivity contribution is 5.92. The van der Waals surface area contributed by atoms with Crippen molar-refractivity contribution >= 4 is 11.8 Å². The van der Waals surface area contributed by atoms with Crippen molar-refractivity contribution in [3.63, 3.8) is 0 Å². The van der Waals surface area contributed by atoms with E-state index in [1.165, 1.54) is 18.1 Å². The zero-order chi connectivity index (χ0) is 13.7. The monoisotopic (exact) mass is 257 g/mol. The third-order valence-electron chi connectivity index (χ3n) is 2.89. The van der Waals surface area contributed by atoms with Gasteiger partial charge in [0.05, 0.1) is 0 Å². The second kappa shape index (κ2) is 5.95. The molecule has 0 unspecified atom stereocenters. The Morgan fingerprint density at radius 3 is 2.74 bits per heavy atom. The van der Waals surface area contributed by atoms with Crippen LogP contribution in [0.25, 0.3) is 0 Å². The van der Waals surface area contributed by atoms with Crippen LogP contribution >= 0.6 is 0 Å². The van der Waals surface area contributed by atoms with E-state index < -0.39 is 5.97 Å². The molecule has 1 heterocycles. The van der Waals surface area contributed by atoms with Crippen molar-refractivity contribution in [2.45, 2.75) is 19.9 Å². The Hall–Kier alpha value is -2.43. The molecular formula is C14H15N3O2. The van der Waals surface area contributed by atoms with Crippen LogP contribution in [0.1, 0.15) is 28.4 Å². The maximum Gasteiger partial charge on any atom is 0.341 e. The average molecular weight is 257 g/mol. The van der Waals surface area contributed by atoms with Gasteiger partial charge in [-0.1, -0.05) is 31.2 Å². The number of hydrogen-bond acceptors (Lipinski definition) is 4. The van der Waals surface area contributed by atoms with Gasteiger partial charge in [-0.25, -0.2) is 14.8 Å². The van der Waals surface area contributed by atoms with E-state index in [0.717, 1.165) is 12.0 Å². The Bertz CT molecular complexity index is 584. The first-order chi connectivity index (χ1) is 9.22. The molecule has 0 aliphatic heterocycles. The summed E-state index contributed by atoms with van der Waals surface area (Å²) in [7, 11) is 0. The van der Waals surface area contributed by atoms with E-state index in [0.29, 0.717) is 12.4 Å². The van der Waals surface area contributed by atoms with Gasteiger partial charge in [-0.05, 0) is 17.5 Å². The molecule has 0 aliphatic carbocycles. The number of carbonyl (C=O) groups is 1. The normalized spacial score (nSPS) is 10.2. The summed E-state index contributed by atoms with van der Waals surface area (Å²) in [4.78, 5) is 18.7. The number of hydrogen-bond donors (Lipinski definition) is 2. The highest BCUT2D eigenvalue weighted by Crippen LogP contribution is 2.14. The van der Waals surface area contributed by atoms with Crippen LogP contribution in [-0.2, 0) is 13.0 Å². The predicted octanol–water partition coefficient (Wildman–Crippen LogP) is 2.35. The number of aromatic carboxylic acids is 1. The Balaban J connectivity index is 2.17. The molecule has 2 aromatic rings. The van der Waals surface area contributed by atoms with Crippen molar-refractivity contribution in [1.29, 1.82) is 0 Å². The maximum atomic E-state index is 11.0. The third-order valence-corrected chi connectivity index (χ3v) is 2.89. The summed E-state index contributed by atoms with van der Waals surface area (Å²) in [5.41, 5.74) is 2.46. The zero-order valence-electron chi connectivity index (χ0n) is 10.6. The number of rotatable bonds is 5. The number of benzene rings is 1. The first-order valence-electron chi connectivity index (χ1n) is 6.06. The molecule has 98 valence electrons. The molecular weight excluding hydrogens is 242 g/mol. The molecule has 0 saturated heterocycles. The van der Waals surface area contributed by atoms with E-state index in [9.17, 15) is 4.79 Å². The first kappa shape index (κ1) is 13.0. The maximum absolute atomic E-state index is 11.0. The summed E-state index contributed by atoms with van der Waals surface area (Å²) < 4.78 is 0. The second-order valence-electron chi connectivity index (χ2n) is 4.07. The summed E-state index contributed by atoms with van der Waals surface area (Å²) in [6.07, 6.45) is 3.57. The second-order valence-corrected chi connectivity index (χ2v) is 4.07. The van der Waals surface area contributed by atoms with Gasteiger partial charge >= 0.3 is 5.97 Å².